The molecule has 4 rings (SSSR count). The van der Waals surface area contributed by atoms with Crippen molar-refractivity contribution in [2.75, 3.05) is 0 Å². The Kier molecular flexibility index (Phi) is 9.45. The van der Waals surface area contributed by atoms with Gasteiger partial charge in [-0.1, -0.05) is 44.0 Å². The molecule has 0 aliphatic carbocycles. The summed E-state index contributed by atoms with van der Waals surface area (Å²) in [5, 5.41) is 18.1. The quantitative estimate of drug-likeness (QED) is 0.215. The molecule has 0 saturated carbocycles. The number of pyridine rings is 1. The summed E-state index contributed by atoms with van der Waals surface area (Å²) in [7, 11) is -2.93. The first kappa shape index (κ1) is 33.4. The predicted molar refractivity (Wildman–Crippen MR) is 160 cm³/mol. The largest absolute Gasteiger partial charge is 0.481 e. The van der Waals surface area contributed by atoms with Gasteiger partial charge in [0.1, 0.15) is 18.8 Å². The van der Waals surface area contributed by atoms with Gasteiger partial charge in [0.05, 0.1) is 11.6 Å². The third kappa shape index (κ3) is 7.39. The van der Waals surface area contributed by atoms with Gasteiger partial charge in [-0.3, -0.25) is 9.36 Å². The number of halogens is 5. The summed E-state index contributed by atoms with van der Waals surface area (Å²) in [4.78, 5) is 33.6. The Morgan fingerprint density at radius 1 is 1.09 bits per heavy atom. The zero-order chi connectivity index (χ0) is 32.6. The smallest absolute Gasteiger partial charge is 0.415 e. The maximum Gasteiger partial charge on any atom is 0.415 e. The molecule has 0 aliphatic heterocycles. The number of hydrogen-bond donors (Lipinski definition) is 1. The Bertz CT molecular complexity index is 1710. The van der Waals surface area contributed by atoms with Crippen LogP contribution in [-0.2, 0) is 28.7 Å². The number of nitrogens with zero attached hydrogens (tertiary/aromatic N) is 7. The van der Waals surface area contributed by atoms with E-state index in [1.807, 2.05) is 20.8 Å². The lowest BCUT2D eigenvalue weighted by atomic mass is 10.2. The van der Waals surface area contributed by atoms with Crippen molar-refractivity contribution >= 4 is 37.5 Å². The molecule has 44 heavy (non-hydrogen) atoms. The number of aliphatic carboxylic acids is 1. The van der Waals surface area contributed by atoms with Crippen molar-refractivity contribution in [2.45, 2.75) is 70.7 Å². The van der Waals surface area contributed by atoms with Crippen LogP contribution in [0.1, 0.15) is 32.4 Å². The highest BCUT2D eigenvalue weighted by Crippen LogP contribution is 2.40. The van der Waals surface area contributed by atoms with Gasteiger partial charge in [-0.2, -0.15) is 17.9 Å². The van der Waals surface area contributed by atoms with Crippen LogP contribution in [0.5, 0.6) is 0 Å². The van der Waals surface area contributed by atoms with E-state index in [9.17, 15) is 27.9 Å². The maximum atomic E-state index is 14.4. The predicted octanol–water partition coefficient (Wildman–Crippen LogP) is 5.62. The van der Waals surface area contributed by atoms with Crippen LogP contribution >= 0.6 is 23.2 Å². The fourth-order valence-corrected chi connectivity index (χ4v) is 5.57. The molecule has 4 aromatic rings. The third-order valence-corrected chi connectivity index (χ3v) is 12.3. The van der Waals surface area contributed by atoms with E-state index in [0.29, 0.717) is 10.6 Å². The Labute approximate surface area is 261 Å². The summed E-state index contributed by atoms with van der Waals surface area (Å²) in [5.41, 5.74) is -0.543. The second-order valence-corrected chi connectivity index (χ2v) is 17.1. The molecule has 3 heterocycles. The molecule has 0 bridgehead atoms. The Morgan fingerprint density at radius 2 is 1.75 bits per heavy atom. The highest BCUT2D eigenvalue weighted by molar-refractivity contribution is 6.74. The normalized spacial score (nSPS) is 13.3. The molecule has 1 aromatic carbocycles. The summed E-state index contributed by atoms with van der Waals surface area (Å²) >= 11 is 12.3. The average molecular weight is 673 g/mol. The first-order valence-electron chi connectivity index (χ1n) is 13.3. The molecule has 0 saturated heterocycles. The molecule has 11 nitrogen and oxygen atoms in total. The molecule has 1 unspecified atom stereocenters. The van der Waals surface area contributed by atoms with Crippen LogP contribution < -0.4 is 5.69 Å². The third-order valence-electron chi connectivity index (χ3n) is 7.24. The van der Waals surface area contributed by atoms with Crippen LogP contribution in [0.3, 0.4) is 0 Å². The zero-order valence-corrected chi connectivity index (χ0v) is 26.9. The van der Waals surface area contributed by atoms with E-state index in [2.05, 4.69) is 20.2 Å². The van der Waals surface area contributed by atoms with Crippen LogP contribution in [0, 0.1) is 0 Å². The second kappa shape index (κ2) is 12.5. The molecule has 0 amide bonds. The van der Waals surface area contributed by atoms with E-state index >= 15 is 0 Å². The minimum atomic E-state index is -4.79. The number of aromatic nitrogens is 7. The Hall–Kier alpha value is -3.53. The van der Waals surface area contributed by atoms with Gasteiger partial charge in [-0.15, -0.1) is 10.2 Å². The van der Waals surface area contributed by atoms with E-state index in [0.717, 1.165) is 13.9 Å². The summed E-state index contributed by atoms with van der Waals surface area (Å²) in [5.74, 6) is -1.22. The summed E-state index contributed by atoms with van der Waals surface area (Å²) in [6, 6.07) is 9.22. The van der Waals surface area contributed by atoms with Crippen molar-refractivity contribution in [3.8, 4) is 17.2 Å². The highest BCUT2D eigenvalue weighted by Gasteiger charge is 2.48. The van der Waals surface area contributed by atoms with Crippen LogP contribution in [0.2, 0.25) is 28.2 Å². The molecule has 17 heteroatoms. The van der Waals surface area contributed by atoms with Gasteiger partial charge in [-0.25, -0.2) is 19.4 Å². The van der Waals surface area contributed by atoms with Gasteiger partial charge in [0, 0.05) is 16.8 Å². The number of carboxylic acid groups (broad SMARTS) is 1. The first-order chi connectivity index (χ1) is 20.4. The van der Waals surface area contributed by atoms with Crippen molar-refractivity contribution < 1.29 is 27.5 Å². The Balaban J connectivity index is 1.81. The van der Waals surface area contributed by atoms with Gasteiger partial charge < -0.3 is 9.53 Å². The number of carbonyl (C=O) groups is 1. The van der Waals surface area contributed by atoms with Crippen LogP contribution in [-0.4, -0.2) is 65.8 Å². The lowest BCUT2D eigenvalue weighted by molar-refractivity contribution is -0.202. The molecule has 1 atom stereocenters. The molecule has 236 valence electrons. The Morgan fingerprint density at radius 3 is 2.32 bits per heavy atom. The van der Waals surface area contributed by atoms with Crippen LogP contribution in [0.15, 0.2) is 47.4 Å². The molecule has 0 fully saturated rings. The SMILES string of the molecule is CC(C)(C)[Si](C)(C)OC(Cn1c(-c2ccc(Cl)cc2)nn(Cc2nc(CC(=O)O)n(-c3ncccc3Cl)n2)c1=O)C(F)(F)F. The van der Waals surface area contributed by atoms with E-state index in [1.54, 1.807) is 19.2 Å². The van der Waals surface area contributed by atoms with Crippen molar-refractivity contribution in [1.82, 2.24) is 34.1 Å². The van der Waals surface area contributed by atoms with Gasteiger partial charge in [0.2, 0.25) is 0 Å². The number of alkyl halides is 3. The molecule has 0 aliphatic rings. The monoisotopic (exact) mass is 671 g/mol. The standard InChI is InChI=1S/C27H30Cl2F3N7O4Si/c1-26(2,3)44(4,5)43-19(27(30,31)32)14-37-23(16-8-10-17(28)11-9-16)36-38(25(37)42)15-20-34-21(13-22(40)41)39(35-20)24-18(29)7-6-12-33-24/h6-12,19H,13-15H2,1-5H3,(H,40,41). The van der Waals surface area contributed by atoms with Gasteiger partial charge >= 0.3 is 17.8 Å². The molecule has 0 spiro atoms. The molecule has 0 radical (unpaired) electrons. The number of rotatable bonds is 10. The van der Waals surface area contributed by atoms with Crippen LogP contribution in [0.4, 0.5) is 13.2 Å². The summed E-state index contributed by atoms with van der Waals surface area (Å²) in [6.07, 6.45) is -6.20. The van der Waals surface area contributed by atoms with E-state index in [-0.39, 0.29) is 28.3 Å². The fourth-order valence-electron chi connectivity index (χ4n) is 3.97. The number of carboxylic acids is 1. The first-order valence-corrected chi connectivity index (χ1v) is 17.0. The summed E-state index contributed by atoms with van der Waals surface area (Å²) in [6.45, 7) is 7.60. The highest BCUT2D eigenvalue weighted by atomic mass is 35.5. The van der Waals surface area contributed by atoms with Gasteiger partial charge in [0.25, 0.3) is 0 Å². The lowest BCUT2D eigenvalue weighted by Gasteiger charge is -2.39. The zero-order valence-electron chi connectivity index (χ0n) is 24.4. The minimum absolute atomic E-state index is 0.0292. The topological polar surface area (TPSA) is 130 Å². The molecular weight excluding hydrogens is 642 g/mol. The van der Waals surface area contributed by atoms with Crippen molar-refractivity contribution in [3.05, 3.63) is 74.8 Å². The van der Waals surface area contributed by atoms with E-state index in [4.69, 9.17) is 27.6 Å². The van der Waals surface area contributed by atoms with Crippen molar-refractivity contribution in [1.29, 1.82) is 0 Å². The second-order valence-electron chi connectivity index (χ2n) is 11.5. The van der Waals surface area contributed by atoms with Crippen LogP contribution in [0.25, 0.3) is 17.2 Å². The maximum absolute atomic E-state index is 14.4. The number of benzene rings is 1. The van der Waals surface area contributed by atoms with Gasteiger partial charge in [0.15, 0.2) is 31.9 Å². The fraction of sp³-hybridized carbons (Fsp3) is 0.407. The molecule has 1 N–H and O–H groups in total. The van der Waals surface area contributed by atoms with Gasteiger partial charge in [-0.05, 0) is 54.5 Å². The van der Waals surface area contributed by atoms with Crippen molar-refractivity contribution in [2.24, 2.45) is 0 Å². The molecular formula is C27H30Cl2F3N7O4Si. The minimum Gasteiger partial charge on any atom is -0.481 e. The lowest BCUT2D eigenvalue weighted by Crippen LogP contribution is -2.50. The average Bonchev–Trinajstić information content (AvgIpc) is 3.43. The van der Waals surface area contributed by atoms with E-state index in [1.165, 1.54) is 36.5 Å². The van der Waals surface area contributed by atoms with E-state index < -0.39 is 56.8 Å². The summed E-state index contributed by atoms with van der Waals surface area (Å²) < 4.78 is 51.9. The number of hydrogen-bond acceptors (Lipinski definition) is 7. The van der Waals surface area contributed by atoms with Crippen molar-refractivity contribution in [3.63, 3.8) is 0 Å². The molecule has 3 aromatic heterocycles.